The van der Waals surface area contributed by atoms with Gasteiger partial charge in [0.05, 0.1) is 0 Å². The molecule has 1 amide bonds. The minimum absolute atomic E-state index is 0.201. The van der Waals surface area contributed by atoms with Crippen molar-refractivity contribution < 1.29 is 4.79 Å². The molecule has 0 aromatic heterocycles. The van der Waals surface area contributed by atoms with Crippen LogP contribution < -0.4 is 5.32 Å². The number of anilines is 1. The molecule has 2 nitrogen and oxygen atoms in total. The number of allylic oxidation sites excluding steroid dienone is 4. The van der Waals surface area contributed by atoms with Gasteiger partial charge in [0.2, 0.25) is 5.91 Å². The molecule has 1 fully saturated rings. The van der Waals surface area contributed by atoms with Crippen molar-refractivity contribution in [3.8, 4) is 0 Å². The summed E-state index contributed by atoms with van der Waals surface area (Å²) in [4.78, 5) is 12.8. The molecule has 2 heteroatoms. The molecule has 0 bridgehead atoms. The topological polar surface area (TPSA) is 29.1 Å². The fourth-order valence-corrected chi connectivity index (χ4v) is 3.96. The molecular weight excluding hydrogens is 294 g/mol. The summed E-state index contributed by atoms with van der Waals surface area (Å²) in [5, 5.41) is 3.19. The molecule has 3 rings (SSSR count). The Morgan fingerprint density at radius 2 is 1.50 bits per heavy atom. The lowest BCUT2D eigenvalue weighted by atomic mass is 10.1. The zero-order valence-corrected chi connectivity index (χ0v) is 14.9. The first-order valence-electron chi connectivity index (χ1n) is 9.35. The van der Waals surface area contributed by atoms with E-state index in [1.165, 1.54) is 11.1 Å². The minimum Gasteiger partial charge on any atom is -0.326 e. The van der Waals surface area contributed by atoms with Crippen LogP contribution in [0.1, 0.15) is 49.7 Å². The first-order chi connectivity index (χ1) is 11.7. The lowest BCUT2D eigenvalue weighted by Crippen LogP contribution is -2.16. The standard InChI is InChI=1S/C22H29NO/c1-16-12-11-15-20(17(16)2)23-22(24)21-18-13-9-7-5-3-4-6-8-10-14-19(18)21/h5-8,11-12,15,18-19,21H,3-4,9-10,13-14H2,1-2H3,(H,23,24)/b7-5-,8-6+/t18-,19+,21?/m0/s1. The van der Waals surface area contributed by atoms with Gasteiger partial charge in [-0.2, -0.15) is 0 Å². The maximum atomic E-state index is 12.8. The zero-order chi connectivity index (χ0) is 16.9. The highest BCUT2D eigenvalue weighted by Gasteiger charge is 2.52. The second-order valence-electron chi connectivity index (χ2n) is 7.27. The van der Waals surface area contributed by atoms with Crippen molar-refractivity contribution in [3.05, 3.63) is 53.6 Å². The van der Waals surface area contributed by atoms with Gasteiger partial charge in [-0.05, 0) is 81.4 Å². The van der Waals surface area contributed by atoms with Crippen molar-refractivity contribution >= 4 is 11.6 Å². The first kappa shape index (κ1) is 17.0. The van der Waals surface area contributed by atoms with Crippen LogP contribution in [0.25, 0.3) is 0 Å². The summed E-state index contributed by atoms with van der Waals surface area (Å²) in [6.07, 6.45) is 16.0. The molecule has 1 aromatic rings. The Hall–Kier alpha value is -1.83. The van der Waals surface area contributed by atoms with Crippen molar-refractivity contribution in [2.24, 2.45) is 17.8 Å². The highest BCUT2D eigenvalue weighted by atomic mass is 16.2. The molecule has 0 saturated heterocycles. The van der Waals surface area contributed by atoms with Crippen LogP contribution in [0.2, 0.25) is 0 Å². The van der Waals surface area contributed by atoms with Gasteiger partial charge >= 0.3 is 0 Å². The van der Waals surface area contributed by atoms with Gasteiger partial charge in [0.1, 0.15) is 0 Å². The van der Waals surface area contributed by atoms with Gasteiger partial charge in [0.25, 0.3) is 0 Å². The summed E-state index contributed by atoms with van der Waals surface area (Å²) in [6.45, 7) is 4.17. The van der Waals surface area contributed by atoms with E-state index in [0.29, 0.717) is 11.8 Å². The zero-order valence-electron chi connectivity index (χ0n) is 14.9. The Bertz CT molecular complexity index is 619. The smallest absolute Gasteiger partial charge is 0.228 e. The van der Waals surface area contributed by atoms with Gasteiger partial charge in [-0.25, -0.2) is 0 Å². The van der Waals surface area contributed by atoms with E-state index in [1.807, 2.05) is 12.1 Å². The molecule has 0 radical (unpaired) electrons. The van der Waals surface area contributed by atoms with E-state index in [1.54, 1.807) is 0 Å². The number of amides is 1. The van der Waals surface area contributed by atoms with E-state index in [0.717, 1.165) is 44.2 Å². The quantitative estimate of drug-likeness (QED) is 0.708. The van der Waals surface area contributed by atoms with Crippen LogP contribution >= 0.6 is 0 Å². The number of rotatable bonds is 2. The van der Waals surface area contributed by atoms with Crippen molar-refractivity contribution in [2.75, 3.05) is 5.32 Å². The summed E-state index contributed by atoms with van der Waals surface area (Å²) in [7, 11) is 0. The Balaban J connectivity index is 1.65. The summed E-state index contributed by atoms with van der Waals surface area (Å²) < 4.78 is 0. The van der Waals surface area contributed by atoms with Gasteiger partial charge in [-0.15, -0.1) is 0 Å². The fourth-order valence-electron chi connectivity index (χ4n) is 3.96. The molecule has 0 aliphatic heterocycles. The largest absolute Gasteiger partial charge is 0.326 e. The lowest BCUT2D eigenvalue weighted by Gasteiger charge is -2.10. The minimum atomic E-state index is 0.201. The third kappa shape index (κ3) is 3.98. The predicted octanol–water partition coefficient (Wildman–Crippen LogP) is 5.57. The second kappa shape index (κ2) is 7.83. The van der Waals surface area contributed by atoms with Gasteiger partial charge in [-0.3, -0.25) is 4.79 Å². The van der Waals surface area contributed by atoms with Crippen LogP contribution in [0.4, 0.5) is 5.69 Å². The van der Waals surface area contributed by atoms with Crippen molar-refractivity contribution in [2.45, 2.75) is 52.4 Å². The highest BCUT2D eigenvalue weighted by molar-refractivity contribution is 5.95. The van der Waals surface area contributed by atoms with Crippen molar-refractivity contribution in [1.29, 1.82) is 0 Å². The monoisotopic (exact) mass is 323 g/mol. The lowest BCUT2D eigenvalue weighted by molar-refractivity contribution is -0.117. The van der Waals surface area contributed by atoms with Crippen molar-refractivity contribution in [3.63, 3.8) is 0 Å². The average molecular weight is 323 g/mol. The molecular formula is C22H29NO. The molecule has 1 unspecified atom stereocenters. The Morgan fingerprint density at radius 1 is 0.917 bits per heavy atom. The van der Waals surface area contributed by atoms with Gasteiger partial charge in [-0.1, -0.05) is 36.4 Å². The number of benzene rings is 1. The Labute approximate surface area is 146 Å². The van der Waals surface area contributed by atoms with Crippen LogP contribution in [-0.2, 0) is 4.79 Å². The summed E-state index contributed by atoms with van der Waals surface area (Å²) in [5.74, 6) is 1.55. The fraction of sp³-hybridized carbons (Fsp3) is 0.500. The maximum Gasteiger partial charge on any atom is 0.228 e. The second-order valence-corrected chi connectivity index (χ2v) is 7.27. The van der Waals surface area contributed by atoms with Crippen LogP contribution in [0.15, 0.2) is 42.5 Å². The van der Waals surface area contributed by atoms with E-state index in [9.17, 15) is 4.79 Å². The van der Waals surface area contributed by atoms with E-state index < -0.39 is 0 Å². The average Bonchev–Trinajstić information content (AvgIpc) is 3.24. The first-order valence-corrected chi connectivity index (χ1v) is 9.35. The number of nitrogens with one attached hydrogen (secondary N) is 1. The van der Waals surface area contributed by atoms with Crippen LogP contribution in [0, 0.1) is 31.6 Å². The van der Waals surface area contributed by atoms with E-state index in [4.69, 9.17) is 0 Å². The molecule has 1 saturated carbocycles. The molecule has 24 heavy (non-hydrogen) atoms. The number of hydrogen-bond acceptors (Lipinski definition) is 1. The number of hydrogen-bond donors (Lipinski definition) is 1. The molecule has 1 aromatic carbocycles. The Kier molecular flexibility index (Phi) is 5.55. The predicted molar refractivity (Wildman–Crippen MR) is 101 cm³/mol. The van der Waals surface area contributed by atoms with Gasteiger partial charge in [0, 0.05) is 11.6 Å². The molecule has 0 spiro atoms. The maximum absolute atomic E-state index is 12.8. The molecule has 2 aliphatic carbocycles. The van der Waals surface area contributed by atoms with Gasteiger partial charge in [0.15, 0.2) is 0 Å². The molecule has 0 heterocycles. The van der Waals surface area contributed by atoms with Gasteiger partial charge < -0.3 is 5.32 Å². The molecule has 1 N–H and O–H groups in total. The van der Waals surface area contributed by atoms with E-state index in [2.05, 4.69) is 49.5 Å². The molecule has 128 valence electrons. The summed E-state index contributed by atoms with van der Waals surface area (Å²) in [6, 6.07) is 6.12. The number of aryl methyl sites for hydroxylation is 1. The van der Waals surface area contributed by atoms with Crippen molar-refractivity contribution in [1.82, 2.24) is 0 Å². The van der Waals surface area contributed by atoms with Crippen LogP contribution in [0.5, 0.6) is 0 Å². The third-order valence-corrected chi connectivity index (χ3v) is 5.66. The molecule has 3 atom stereocenters. The third-order valence-electron chi connectivity index (χ3n) is 5.66. The molecule has 2 aliphatic rings. The van der Waals surface area contributed by atoms with E-state index in [-0.39, 0.29) is 11.8 Å². The van der Waals surface area contributed by atoms with Crippen LogP contribution in [0.3, 0.4) is 0 Å². The number of carbonyl (C=O) groups is 1. The van der Waals surface area contributed by atoms with E-state index >= 15 is 0 Å². The number of carbonyl (C=O) groups excluding carboxylic acids is 1. The van der Waals surface area contributed by atoms with Crippen LogP contribution in [-0.4, -0.2) is 5.91 Å². The Morgan fingerprint density at radius 3 is 2.12 bits per heavy atom. The number of fused-ring (bicyclic) bond motifs is 1. The summed E-state index contributed by atoms with van der Waals surface area (Å²) >= 11 is 0. The summed E-state index contributed by atoms with van der Waals surface area (Å²) in [5.41, 5.74) is 3.38. The highest BCUT2D eigenvalue weighted by Crippen LogP contribution is 2.52. The SMILES string of the molecule is Cc1cccc(NC(=O)C2[C@H]3CC/C=C\CC/C=C/CC[C@@H]23)c1C. The normalized spacial score (nSPS) is 29.5.